The van der Waals surface area contributed by atoms with E-state index < -0.39 is 0 Å². The SMILES string of the molecule is CCCCCCCCCCCNCCCCCCCCCCCN. The molecule has 0 spiro atoms. The molecule has 0 bridgehead atoms. The zero-order chi connectivity index (χ0) is 17.6. The Balaban J connectivity index is 2.93. The molecule has 0 aromatic heterocycles. The molecule has 0 radical (unpaired) electrons. The maximum Gasteiger partial charge on any atom is -0.00489 e. The van der Waals surface area contributed by atoms with E-state index in [-0.39, 0.29) is 0 Å². The quantitative estimate of drug-likeness (QED) is 0.232. The maximum absolute atomic E-state index is 5.50. The van der Waals surface area contributed by atoms with E-state index in [0.29, 0.717) is 0 Å². The molecular weight excluding hydrogens is 292 g/mol. The topological polar surface area (TPSA) is 38.0 Å². The third kappa shape index (κ3) is 21.9. The molecule has 0 aliphatic heterocycles. The second kappa shape index (κ2) is 22.9. The highest BCUT2D eigenvalue weighted by Gasteiger charge is 1.94. The van der Waals surface area contributed by atoms with Crippen molar-refractivity contribution in [3.05, 3.63) is 0 Å². The summed E-state index contributed by atoms with van der Waals surface area (Å²) in [7, 11) is 0. The first-order chi connectivity index (χ1) is 11.9. The number of hydrogen-bond donors (Lipinski definition) is 2. The summed E-state index contributed by atoms with van der Waals surface area (Å²) in [6.45, 7) is 5.62. The van der Waals surface area contributed by atoms with Crippen LogP contribution < -0.4 is 11.1 Å². The van der Waals surface area contributed by atoms with E-state index in [1.807, 2.05) is 0 Å². The van der Waals surface area contributed by atoms with Crippen molar-refractivity contribution in [2.45, 2.75) is 122 Å². The van der Waals surface area contributed by atoms with Crippen LogP contribution in [0.4, 0.5) is 0 Å². The van der Waals surface area contributed by atoms with Gasteiger partial charge in [0.25, 0.3) is 0 Å². The van der Waals surface area contributed by atoms with Gasteiger partial charge in [0.1, 0.15) is 0 Å². The summed E-state index contributed by atoms with van der Waals surface area (Å²) in [4.78, 5) is 0. The number of nitrogens with one attached hydrogen (secondary N) is 1. The highest BCUT2D eigenvalue weighted by molar-refractivity contribution is 4.52. The van der Waals surface area contributed by atoms with E-state index in [9.17, 15) is 0 Å². The molecule has 0 amide bonds. The van der Waals surface area contributed by atoms with Gasteiger partial charge in [0.2, 0.25) is 0 Å². The van der Waals surface area contributed by atoms with Gasteiger partial charge < -0.3 is 11.1 Å². The molecule has 0 unspecified atom stereocenters. The van der Waals surface area contributed by atoms with Crippen LogP contribution in [0, 0.1) is 0 Å². The van der Waals surface area contributed by atoms with Crippen molar-refractivity contribution in [3.8, 4) is 0 Å². The molecule has 0 heterocycles. The second-order valence-corrected chi connectivity index (χ2v) is 7.55. The number of hydrogen-bond acceptors (Lipinski definition) is 2. The van der Waals surface area contributed by atoms with Crippen LogP contribution >= 0.6 is 0 Å². The van der Waals surface area contributed by atoms with Crippen molar-refractivity contribution in [2.75, 3.05) is 19.6 Å². The monoisotopic (exact) mass is 340 g/mol. The minimum Gasteiger partial charge on any atom is -0.330 e. The first kappa shape index (κ1) is 23.9. The minimum absolute atomic E-state index is 0.867. The number of unbranched alkanes of at least 4 members (excludes halogenated alkanes) is 16. The Kier molecular flexibility index (Phi) is 22.8. The fraction of sp³-hybridized carbons (Fsp3) is 1.00. The molecule has 2 heteroatoms. The lowest BCUT2D eigenvalue weighted by Crippen LogP contribution is -2.16. The van der Waals surface area contributed by atoms with E-state index in [2.05, 4.69) is 12.2 Å². The molecule has 0 aliphatic carbocycles. The smallest absolute Gasteiger partial charge is 0.00489 e. The minimum atomic E-state index is 0.867. The predicted molar refractivity (Wildman–Crippen MR) is 111 cm³/mol. The van der Waals surface area contributed by atoms with Crippen LogP contribution in [0.3, 0.4) is 0 Å². The molecule has 24 heavy (non-hydrogen) atoms. The molecule has 0 rings (SSSR count). The normalized spacial score (nSPS) is 11.2. The summed E-state index contributed by atoms with van der Waals surface area (Å²) >= 11 is 0. The van der Waals surface area contributed by atoms with Crippen molar-refractivity contribution in [1.82, 2.24) is 5.32 Å². The first-order valence-electron chi connectivity index (χ1n) is 11.3. The molecule has 146 valence electrons. The van der Waals surface area contributed by atoms with E-state index in [1.54, 1.807) is 0 Å². The van der Waals surface area contributed by atoms with Gasteiger partial charge >= 0.3 is 0 Å². The van der Waals surface area contributed by atoms with Gasteiger partial charge in [-0.25, -0.2) is 0 Å². The zero-order valence-corrected chi connectivity index (χ0v) is 16.9. The van der Waals surface area contributed by atoms with Gasteiger partial charge in [-0.05, 0) is 38.9 Å². The van der Waals surface area contributed by atoms with Crippen LogP contribution in [-0.2, 0) is 0 Å². The molecule has 0 aliphatic rings. The fourth-order valence-electron chi connectivity index (χ4n) is 3.32. The summed E-state index contributed by atoms with van der Waals surface area (Å²) in [6, 6.07) is 0. The van der Waals surface area contributed by atoms with E-state index in [0.717, 1.165) is 6.54 Å². The van der Waals surface area contributed by atoms with Crippen LogP contribution in [0.1, 0.15) is 122 Å². The van der Waals surface area contributed by atoms with Crippen molar-refractivity contribution in [2.24, 2.45) is 5.73 Å². The Hall–Kier alpha value is -0.0800. The summed E-state index contributed by atoms with van der Waals surface area (Å²) in [5, 5.41) is 3.62. The number of nitrogens with two attached hydrogens (primary N) is 1. The Bertz CT molecular complexity index is 184. The molecule has 0 saturated heterocycles. The summed E-state index contributed by atoms with van der Waals surface area (Å²) in [6.07, 6.45) is 25.3. The lowest BCUT2D eigenvalue weighted by Gasteiger charge is -2.05. The average Bonchev–Trinajstić information content (AvgIpc) is 2.60. The highest BCUT2D eigenvalue weighted by Crippen LogP contribution is 2.10. The first-order valence-corrected chi connectivity index (χ1v) is 11.3. The summed E-state index contributed by atoms with van der Waals surface area (Å²) in [5.74, 6) is 0. The Labute approximate surface area is 153 Å². The van der Waals surface area contributed by atoms with Crippen LogP contribution in [0.25, 0.3) is 0 Å². The van der Waals surface area contributed by atoms with Crippen molar-refractivity contribution in [1.29, 1.82) is 0 Å². The Morgan fingerprint density at radius 1 is 0.458 bits per heavy atom. The molecular formula is C22H48N2. The fourth-order valence-corrected chi connectivity index (χ4v) is 3.32. The molecule has 0 aromatic rings. The van der Waals surface area contributed by atoms with Gasteiger partial charge in [0.15, 0.2) is 0 Å². The maximum atomic E-state index is 5.50. The van der Waals surface area contributed by atoms with Crippen molar-refractivity contribution < 1.29 is 0 Å². The lowest BCUT2D eigenvalue weighted by atomic mass is 10.1. The Morgan fingerprint density at radius 3 is 1.17 bits per heavy atom. The van der Waals surface area contributed by atoms with Gasteiger partial charge in [-0.2, -0.15) is 0 Å². The van der Waals surface area contributed by atoms with Crippen molar-refractivity contribution >= 4 is 0 Å². The zero-order valence-electron chi connectivity index (χ0n) is 16.9. The van der Waals surface area contributed by atoms with Crippen LogP contribution in [0.5, 0.6) is 0 Å². The Morgan fingerprint density at radius 2 is 0.792 bits per heavy atom. The van der Waals surface area contributed by atoms with E-state index in [1.165, 1.54) is 129 Å². The molecule has 3 N–H and O–H groups in total. The summed E-state index contributed by atoms with van der Waals surface area (Å²) in [5.41, 5.74) is 5.50. The predicted octanol–water partition coefficient (Wildman–Crippen LogP) is 6.58. The summed E-state index contributed by atoms with van der Waals surface area (Å²) < 4.78 is 0. The third-order valence-corrected chi connectivity index (χ3v) is 5.01. The van der Waals surface area contributed by atoms with Gasteiger partial charge in [0.05, 0.1) is 0 Å². The average molecular weight is 341 g/mol. The second-order valence-electron chi connectivity index (χ2n) is 7.55. The van der Waals surface area contributed by atoms with Crippen LogP contribution in [-0.4, -0.2) is 19.6 Å². The standard InChI is InChI=1S/C22H48N2/c1-2-3-4-5-6-9-12-15-18-21-24-22-19-16-13-10-7-8-11-14-17-20-23/h24H,2-23H2,1H3. The van der Waals surface area contributed by atoms with Gasteiger partial charge in [-0.15, -0.1) is 0 Å². The van der Waals surface area contributed by atoms with Crippen LogP contribution in [0.15, 0.2) is 0 Å². The van der Waals surface area contributed by atoms with E-state index in [4.69, 9.17) is 5.73 Å². The molecule has 2 nitrogen and oxygen atoms in total. The highest BCUT2D eigenvalue weighted by atomic mass is 14.8. The van der Waals surface area contributed by atoms with Crippen LogP contribution in [0.2, 0.25) is 0 Å². The molecule has 0 aromatic carbocycles. The van der Waals surface area contributed by atoms with Crippen molar-refractivity contribution in [3.63, 3.8) is 0 Å². The van der Waals surface area contributed by atoms with Gasteiger partial charge in [-0.1, -0.05) is 103 Å². The largest absolute Gasteiger partial charge is 0.330 e. The van der Waals surface area contributed by atoms with Gasteiger partial charge in [-0.3, -0.25) is 0 Å². The molecule has 0 fully saturated rings. The molecule has 0 atom stereocenters. The number of rotatable bonds is 21. The third-order valence-electron chi connectivity index (χ3n) is 5.01. The van der Waals surface area contributed by atoms with E-state index >= 15 is 0 Å². The molecule has 0 saturated carbocycles. The lowest BCUT2D eigenvalue weighted by molar-refractivity contribution is 0.527. The van der Waals surface area contributed by atoms with Gasteiger partial charge in [0, 0.05) is 0 Å².